The number of ether oxygens (including phenoxy) is 1. The average molecular weight is 435 g/mol. The summed E-state index contributed by atoms with van der Waals surface area (Å²) in [6.45, 7) is 7.51. The molecule has 0 bridgehead atoms. The van der Waals surface area contributed by atoms with Gasteiger partial charge in [-0.25, -0.2) is 19.7 Å². The highest BCUT2D eigenvalue weighted by atomic mass is 16.6. The monoisotopic (exact) mass is 434 g/mol. The molecule has 2 fully saturated rings. The van der Waals surface area contributed by atoms with Crippen LogP contribution in [0.2, 0.25) is 0 Å². The number of carbonyl (C=O) groups excluding carboxylic acids is 1. The van der Waals surface area contributed by atoms with Gasteiger partial charge in [-0.1, -0.05) is 0 Å². The van der Waals surface area contributed by atoms with Crippen LogP contribution in [-0.2, 0) is 4.74 Å². The van der Waals surface area contributed by atoms with Gasteiger partial charge in [0.2, 0.25) is 0 Å². The van der Waals surface area contributed by atoms with E-state index < -0.39 is 5.60 Å². The zero-order chi connectivity index (χ0) is 22.3. The van der Waals surface area contributed by atoms with Gasteiger partial charge >= 0.3 is 6.09 Å². The van der Waals surface area contributed by atoms with Gasteiger partial charge in [0.1, 0.15) is 17.6 Å². The third kappa shape index (κ3) is 4.13. The lowest BCUT2D eigenvalue weighted by Gasteiger charge is -2.41. The van der Waals surface area contributed by atoms with Gasteiger partial charge in [0.25, 0.3) is 0 Å². The van der Waals surface area contributed by atoms with Gasteiger partial charge in [-0.2, -0.15) is 0 Å². The highest BCUT2D eigenvalue weighted by molar-refractivity contribution is 6.01. The first-order chi connectivity index (χ1) is 15.4. The Morgan fingerprint density at radius 3 is 2.72 bits per heavy atom. The summed E-state index contributed by atoms with van der Waals surface area (Å²) < 4.78 is 5.77. The second-order valence-electron chi connectivity index (χ2n) is 9.71. The van der Waals surface area contributed by atoms with Crippen LogP contribution in [0, 0.1) is 0 Å². The van der Waals surface area contributed by atoms with E-state index in [1.54, 1.807) is 12.5 Å². The van der Waals surface area contributed by atoms with E-state index in [1.807, 2.05) is 44.1 Å². The first-order valence-corrected chi connectivity index (χ1v) is 11.4. The van der Waals surface area contributed by atoms with Crippen molar-refractivity contribution in [3.63, 3.8) is 0 Å². The van der Waals surface area contributed by atoms with Crippen molar-refractivity contribution in [2.24, 2.45) is 0 Å². The average Bonchev–Trinajstić information content (AvgIpc) is 3.50. The van der Waals surface area contributed by atoms with E-state index in [-0.39, 0.29) is 12.1 Å². The Morgan fingerprint density at radius 2 is 2.00 bits per heavy atom. The fourth-order valence-corrected chi connectivity index (χ4v) is 4.62. The number of anilines is 1. The van der Waals surface area contributed by atoms with Gasteiger partial charge in [-0.05, 0) is 58.6 Å². The van der Waals surface area contributed by atoms with Crippen LogP contribution in [0.5, 0.6) is 0 Å². The van der Waals surface area contributed by atoms with Crippen LogP contribution >= 0.6 is 0 Å². The number of pyridine rings is 1. The number of nitrogens with one attached hydrogen (secondary N) is 1. The maximum Gasteiger partial charge on any atom is 0.410 e. The second kappa shape index (κ2) is 8.07. The Labute approximate surface area is 188 Å². The molecule has 1 amide bonds. The molecule has 0 spiro atoms. The molecule has 168 valence electrons. The number of piperidine rings is 1. The molecule has 2 aliphatic rings. The molecule has 8 heteroatoms. The Balaban J connectivity index is 1.46. The highest BCUT2D eigenvalue weighted by Gasteiger charge is 2.41. The van der Waals surface area contributed by atoms with Crippen molar-refractivity contribution in [1.82, 2.24) is 24.8 Å². The van der Waals surface area contributed by atoms with Gasteiger partial charge in [0, 0.05) is 43.3 Å². The SMILES string of the molecule is CC(C)(C)OC(=O)N(C1CC1)[C@H]1CCCN(c2ccnc3[nH]cc(-c4ccncn4)c23)C1. The molecule has 5 rings (SSSR count). The maximum atomic E-state index is 13.0. The molecule has 1 aliphatic carbocycles. The van der Waals surface area contributed by atoms with E-state index in [0.29, 0.717) is 6.04 Å². The number of carbonyl (C=O) groups is 1. The standard InChI is InChI=1S/C24H30N6O2/c1-24(2,3)32-23(31)30(16-6-7-16)17-5-4-12-29(14-17)20-9-11-26-22-21(20)18(13-27-22)19-8-10-25-15-28-19/h8-11,13,15-17H,4-7,12,14H2,1-3H3,(H,26,27)/t17-/m0/s1. The summed E-state index contributed by atoms with van der Waals surface area (Å²) in [4.78, 5) is 33.8. The number of H-pyrrole nitrogens is 1. The van der Waals surface area contributed by atoms with Gasteiger partial charge in [-0.15, -0.1) is 0 Å². The van der Waals surface area contributed by atoms with Crippen molar-refractivity contribution in [3.8, 4) is 11.3 Å². The molecule has 0 radical (unpaired) electrons. The minimum absolute atomic E-state index is 0.135. The summed E-state index contributed by atoms with van der Waals surface area (Å²) in [5, 5.41) is 1.06. The van der Waals surface area contributed by atoms with Crippen molar-refractivity contribution >= 4 is 22.8 Å². The molecular formula is C24H30N6O2. The normalized spacial score (nSPS) is 19.2. The second-order valence-corrected chi connectivity index (χ2v) is 9.71. The van der Waals surface area contributed by atoms with Crippen LogP contribution in [-0.4, -0.2) is 61.7 Å². The zero-order valence-electron chi connectivity index (χ0n) is 18.9. The largest absolute Gasteiger partial charge is 0.444 e. The lowest BCUT2D eigenvalue weighted by atomic mass is 10.0. The zero-order valence-corrected chi connectivity index (χ0v) is 18.9. The topological polar surface area (TPSA) is 87.2 Å². The lowest BCUT2D eigenvalue weighted by molar-refractivity contribution is 0.0125. The number of nitrogens with zero attached hydrogens (tertiary/aromatic N) is 5. The lowest BCUT2D eigenvalue weighted by Crippen LogP contribution is -2.52. The third-order valence-corrected chi connectivity index (χ3v) is 6.08. The molecule has 8 nitrogen and oxygen atoms in total. The Hall–Kier alpha value is -3.16. The van der Waals surface area contributed by atoms with E-state index in [4.69, 9.17) is 4.74 Å². The summed E-state index contributed by atoms with van der Waals surface area (Å²) >= 11 is 0. The highest BCUT2D eigenvalue weighted by Crippen LogP contribution is 2.37. The Morgan fingerprint density at radius 1 is 1.16 bits per heavy atom. The number of fused-ring (bicyclic) bond motifs is 1. The van der Waals surface area contributed by atoms with Crippen LogP contribution < -0.4 is 4.90 Å². The van der Waals surface area contributed by atoms with Crippen molar-refractivity contribution in [3.05, 3.63) is 37.1 Å². The molecule has 4 heterocycles. The molecule has 0 aromatic carbocycles. The third-order valence-electron chi connectivity index (χ3n) is 6.08. The van der Waals surface area contributed by atoms with E-state index in [2.05, 4.69) is 30.9 Å². The summed E-state index contributed by atoms with van der Waals surface area (Å²) in [7, 11) is 0. The van der Waals surface area contributed by atoms with Crippen molar-refractivity contribution in [2.45, 2.75) is 64.1 Å². The van der Waals surface area contributed by atoms with Crippen molar-refractivity contribution in [2.75, 3.05) is 18.0 Å². The summed E-state index contributed by atoms with van der Waals surface area (Å²) in [5.74, 6) is 0. The molecule has 0 unspecified atom stereocenters. The van der Waals surface area contributed by atoms with Crippen LogP contribution in [0.3, 0.4) is 0 Å². The number of rotatable bonds is 4. The first-order valence-electron chi connectivity index (χ1n) is 11.4. The predicted molar refractivity (Wildman–Crippen MR) is 123 cm³/mol. The van der Waals surface area contributed by atoms with Crippen LogP contribution in [0.1, 0.15) is 46.5 Å². The minimum Gasteiger partial charge on any atom is -0.444 e. The van der Waals surface area contributed by atoms with Crippen LogP contribution in [0.4, 0.5) is 10.5 Å². The van der Waals surface area contributed by atoms with Crippen LogP contribution in [0.25, 0.3) is 22.3 Å². The molecular weight excluding hydrogens is 404 g/mol. The van der Waals surface area contributed by atoms with E-state index in [0.717, 1.165) is 66.8 Å². The number of aromatic amines is 1. The van der Waals surface area contributed by atoms with Crippen molar-refractivity contribution < 1.29 is 9.53 Å². The van der Waals surface area contributed by atoms with Gasteiger partial charge in [-0.3, -0.25) is 0 Å². The Kier molecular flexibility index (Phi) is 5.23. The molecule has 3 aromatic rings. The van der Waals surface area contributed by atoms with Gasteiger partial charge in [0.15, 0.2) is 0 Å². The number of amides is 1. The molecule has 1 aliphatic heterocycles. The van der Waals surface area contributed by atoms with Crippen molar-refractivity contribution in [1.29, 1.82) is 0 Å². The van der Waals surface area contributed by atoms with Crippen LogP contribution in [0.15, 0.2) is 37.1 Å². The summed E-state index contributed by atoms with van der Waals surface area (Å²) in [6, 6.07) is 4.42. The maximum absolute atomic E-state index is 13.0. The number of hydrogen-bond acceptors (Lipinski definition) is 6. The smallest absolute Gasteiger partial charge is 0.410 e. The number of hydrogen-bond donors (Lipinski definition) is 1. The summed E-state index contributed by atoms with van der Waals surface area (Å²) in [5.41, 5.74) is 3.34. The number of aromatic nitrogens is 4. The quantitative estimate of drug-likeness (QED) is 0.655. The predicted octanol–water partition coefficient (Wildman–Crippen LogP) is 4.39. The molecule has 1 atom stereocenters. The van der Waals surface area contributed by atoms with E-state index >= 15 is 0 Å². The molecule has 1 N–H and O–H groups in total. The van der Waals surface area contributed by atoms with Gasteiger partial charge in [0.05, 0.1) is 22.8 Å². The first kappa shape index (κ1) is 20.7. The fourth-order valence-electron chi connectivity index (χ4n) is 4.62. The Bertz CT molecular complexity index is 1100. The van der Waals surface area contributed by atoms with Gasteiger partial charge < -0.3 is 19.5 Å². The molecule has 1 saturated heterocycles. The summed E-state index contributed by atoms with van der Waals surface area (Å²) in [6.07, 6.45) is 11.1. The minimum atomic E-state index is -0.493. The van der Waals surface area contributed by atoms with E-state index in [1.165, 1.54) is 0 Å². The fraction of sp³-hybridized carbons (Fsp3) is 0.500. The molecule has 1 saturated carbocycles. The molecule has 3 aromatic heterocycles. The molecule has 32 heavy (non-hydrogen) atoms. The van der Waals surface area contributed by atoms with E-state index in [9.17, 15) is 4.79 Å².